The Balaban J connectivity index is 1.28. The molecule has 1 aromatic heterocycles. The number of ether oxygens (including phenoxy) is 1. The van der Waals surface area contributed by atoms with Crippen LogP contribution < -0.4 is 9.64 Å². The molecule has 1 saturated heterocycles. The van der Waals surface area contributed by atoms with Crippen LogP contribution in [-0.2, 0) is 11.3 Å². The highest BCUT2D eigenvalue weighted by molar-refractivity contribution is 5.92. The number of non-ortho nitro benzene ring substituents is 1. The van der Waals surface area contributed by atoms with Gasteiger partial charge in [0.05, 0.1) is 11.5 Å². The highest BCUT2D eigenvalue weighted by atomic mass is 16.6. The van der Waals surface area contributed by atoms with Crippen molar-refractivity contribution in [3.63, 3.8) is 0 Å². The first-order valence-corrected chi connectivity index (χ1v) is 12.8. The lowest BCUT2D eigenvalue weighted by molar-refractivity contribution is -0.384. The van der Waals surface area contributed by atoms with Gasteiger partial charge in [0.25, 0.3) is 5.69 Å². The van der Waals surface area contributed by atoms with Gasteiger partial charge in [-0.3, -0.25) is 14.9 Å². The number of benzene rings is 2. The summed E-state index contributed by atoms with van der Waals surface area (Å²) >= 11 is 0. The molecular weight excluding hydrogens is 500 g/mol. The van der Waals surface area contributed by atoms with E-state index in [-0.39, 0.29) is 24.7 Å². The van der Waals surface area contributed by atoms with Gasteiger partial charge in [-0.05, 0) is 53.5 Å². The van der Waals surface area contributed by atoms with Gasteiger partial charge in [-0.15, -0.1) is 0 Å². The summed E-state index contributed by atoms with van der Waals surface area (Å²) in [5, 5.41) is 26.3. The Morgan fingerprint density at radius 1 is 1.08 bits per heavy atom. The van der Waals surface area contributed by atoms with E-state index in [1.165, 1.54) is 24.5 Å². The summed E-state index contributed by atoms with van der Waals surface area (Å²) in [7, 11) is 0. The SMILES string of the molecule is CC(C)(C)C(O)(COc1ccc(N2CCN(C(=O)/C=C/c3ccc([N+](=O)[O-])cc3)CC2)cc1)Cn1cncn1. The molecule has 4 rings (SSSR count). The maximum Gasteiger partial charge on any atom is 0.269 e. The van der Waals surface area contributed by atoms with E-state index in [1.54, 1.807) is 34.1 Å². The van der Waals surface area contributed by atoms with Gasteiger partial charge in [0.1, 0.15) is 30.6 Å². The fourth-order valence-corrected chi connectivity index (χ4v) is 4.20. The molecule has 2 aromatic carbocycles. The van der Waals surface area contributed by atoms with Crippen LogP contribution in [0.1, 0.15) is 26.3 Å². The number of carbonyl (C=O) groups excluding carboxylic acids is 1. The van der Waals surface area contributed by atoms with Crippen LogP contribution in [0, 0.1) is 15.5 Å². The maximum absolute atomic E-state index is 12.6. The van der Waals surface area contributed by atoms with Crippen molar-refractivity contribution >= 4 is 23.4 Å². The van der Waals surface area contributed by atoms with Gasteiger partial charge in [0.2, 0.25) is 5.91 Å². The molecule has 1 amide bonds. The number of nitro groups is 1. The molecule has 2 heterocycles. The second-order valence-corrected chi connectivity index (χ2v) is 10.7. The highest BCUT2D eigenvalue weighted by Crippen LogP contribution is 2.33. The van der Waals surface area contributed by atoms with Crippen molar-refractivity contribution in [1.29, 1.82) is 0 Å². The first kappa shape index (κ1) is 27.8. The third-order valence-electron chi connectivity index (χ3n) is 7.08. The molecule has 11 nitrogen and oxygen atoms in total. The minimum absolute atomic E-state index is 0.0174. The van der Waals surface area contributed by atoms with Gasteiger partial charge in [-0.2, -0.15) is 5.10 Å². The molecule has 1 aliphatic heterocycles. The minimum atomic E-state index is -1.16. The Labute approximate surface area is 227 Å². The number of nitro benzene ring substituents is 1. The van der Waals surface area contributed by atoms with E-state index in [4.69, 9.17) is 4.74 Å². The second kappa shape index (κ2) is 11.6. The third-order valence-corrected chi connectivity index (χ3v) is 7.08. The van der Waals surface area contributed by atoms with Crippen LogP contribution in [0.2, 0.25) is 0 Å². The van der Waals surface area contributed by atoms with E-state index in [0.717, 1.165) is 11.3 Å². The molecule has 206 valence electrons. The molecule has 0 radical (unpaired) electrons. The van der Waals surface area contributed by atoms with Gasteiger partial charge >= 0.3 is 0 Å². The monoisotopic (exact) mass is 534 g/mol. The number of amides is 1. The maximum atomic E-state index is 12.6. The largest absolute Gasteiger partial charge is 0.490 e. The number of carbonyl (C=O) groups is 1. The van der Waals surface area contributed by atoms with Crippen LogP contribution in [-0.4, -0.2) is 74.0 Å². The van der Waals surface area contributed by atoms with Crippen LogP contribution in [0.5, 0.6) is 5.75 Å². The first-order chi connectivity index (χ1) is 18.5. The Kier molecular flexibility index (Phi) is 8.29. The average Bonchev–Trinajstić information content (AvgIpc) is 3.43. The van der Waals surface area contributed by atoms with Crippen LogP contribution in [0.25, 0.3) is 6.08 Å². The lowest BCUT2D eigenvalue weighted by Gasteiger charge is -2.39. The molecule has 1 N–H and O–H groups in total. The Bertz CT molecular complexity index is 1280. The number of rotatable bonds is 9. The molecule has 3 aromatic rings. The van der Waals surface area contributed by atoms with E-state index >= 15 is 0 Å². The number of piperazine rings is 1. The molecule has 0 aliphatic carbocycles. The van der Waals surface area contributed by atoms with Crippen LogP contribution in [0.4, 0.5) is 11.4 Å². The summed E-state index contributed by atoms with van der Waals surface area (Å²) in [6, 6.07) is 13.8. The lowest BCUT2D eigenvalue weighted by atomic mass is 9.77. The zero-order valence-corrected chi connectivity index (χ0v) is 22.4. The van der Waals surface area contributed by atoms with Gasteiger partial charge in [0.15, 0.2) is 0 Å². The van der Waals surface area contributed by atoms with Crippen LogP contribution in [0.3, 0.4) is 0 Å². The molecule has 0 saturated carbocycles. The van der Waals surface area contributed by atoms with Crippen LogP contribution >= 0.6 is 0 Å². The number of aromatic nitrogens is 3. The Hall–Kier alpha value is -4.25. The summed E-state index contributed by atoms with van der Waals surface area (Å²) in [4.78, 5) is 30.9. The zero-order valence-electron chi connectivity index (χ0n) is 22.4. The second-order valence-electron chi connectivity index (χ2n) is 10.7. The molecule has 11 heteroatoms. The molecule has 1 atom stereocenters. The van der Waals surface area contributed by atoms with Gasteiger partial charge in [-0.25, -0.2) is 9.67 Å². The predicted molar refractivity (Wildman–Crippen MR) is 147 cm³/mol. The molecule has 0 bridgehead atoms. The minimum Gasteiger partial charge on any atom is -0.490 e. The lowest BCUT2D eigenvalue weighted by Crippen LogP contribution is -2.51. The quantitative estimate of drug-likeness (QED) is 0.251. The van der Waals surface area contributed by atoms with Crippen LogP contribution in [0.15, 0.2) is 67.3 Å². The molecule has 1 unspecified atom stereocenters. The Morgan fingerprint density at radius 3 is 2.31 bits per heavy atom. The number of nitrogens with zero attached hydrogens (tertiary/aromatic N) is 6. The smallest absolute Gasteiger partial charge is 0.269 e. The molecule has 0 spiro atoms. The Morgan fingerprint density at radius 2 is 1.74 bits per heavy atom. The summed E-state index contributed by atoms with van der Waals surface area (Å²) in [5.74, 6) is 0.569. The van der Waals surface area contributed by atoms with Gasteiger partial charge < -0.3 is 19.6 Å². The van der Waals surface area contributed by atoms with Gasteiger partial charge in [-0.1, -0.05) is 20.8 Å². The topological polar surface area (TPSA) is 127 Å². The number of anilines is 1. The van der Waals surface area contributed by atoms with E-state index in [0.29, 0.717) is 31.9 Å². The third kappa shape index (κ3) is 6.99. The summed E-state index contributed by atoms with van der Waals surface area (Å²) < 4.78 is 7.60. The zero-order chi connectivity index (χ0) is 28.0. The fraction of sp³-hybridized carbons (Fsp3) is 0.393. The average molecular weight is 535 g/mol. The van der Waals surface area contributed by atoms with E-state index in [2.05, 4.69) is 15.0 Å². The summed E-state index contributed by atoms with van der Waals surface area (Å²) in [5.41, 5.74) is 0.171. The van der Waals surface area contributed by atoms with Crippen molar-refractivity contribution in [3.05, 3.63) is 82.9 Å². The van der Waals surface area contributed by atoms with Crippen molar-refractivity contribution in [2.24, 2.45) is 5.41 Å². The standard InChI is InChI=1S/C28H34N6O5/c1-27(2,3)28(36,18-33-21-29-20-30-33)19-39-25-11-9-23(10-12-25)31-14-16-32(17-15-31)26(35)13-6-22-4-7-24(8-5-22)34(37)38/h4-13,20-21,36H,14-19H2,1-3H3/b13-6+. The summed E-state index contributed by atoms with van der Waals surface area (Å²) in [6.07, 6.45) is 6.19. The summed E-state index contributed by atoms with van der Waals surface area (Å²) in [6.45, 7) is 8.82. The van der Waals surface area contributed by atoms with E-state index in [9.17, 15) is 20.0 Å². The van der Waals surface area contributed by atoms with E-state index in [1.807, 2.05) is 45.0 Å². The van der Waals surface area contributed by atoms with Crippen molar-refractivity contribution in [1.82, 2.24) is 19.7 Å². The van der Waals surface area contributed by atoms with Crippen molar-refractivity contribution in [3.8, 4) is 5.75 Å². The van der Waals surface area contributed by atoms with Gasteiger partial charge in [0, 0.05) is 50.1 Å². The van der Waals surface area contributed by atoms with Crippen molar-refractivity contribution in [2.75, 3.05) is 37.7 Å². The molecule has 1 fully saturated rings. The fourth-order valence-electron chi connectivity index (χ4n) is 4.20. The molecule has 39 heavy (non-hydrogen) atoms. The predicted octanol–water partition coefficient (Wildman–Crippen LogP) is 3.40. The van der Waals surface area contributed by atoms with E-state index < -0.39 is 15.9 Å². The molecule has 1 aliphatic rings. The number of aliphatic hydroxyl groups is 1. The first-order valence-electron chi connectivity index (χ1n) is 12.8. The highest BCUT2D eigenvalue weighted by Gasteiger charge is 2.41. The van der Waals surface area contributed by atoms with Crippen molar-refractivity contribution in [2.45, 2.75) is 32.9 Å². The normalized spacial score (nSPS) is 15.8. The van der Waals surface area contributed by atoms with Crippen molar-refractivity contribution < 1.29 is 19.6 Å². The molecular formula is C28H34N6O5. The number of hydrogen-bond acceptors (Lipinski definition) is 8. The number of hydrogen-bond donors (Lipinski definition) is 1.